The Morgan fingerprint density at radius 2 is 1.83 bits per heavy atom. The van der Waals surface area contributed by atoms with Crippen LogP contribution >= 0.6 is 11.6 Å². The van der Waals surface area contributed by atoms with Gasteiger partial charge >= 0.3 is 0 Å². The Hall–Kier alpha value is -1.76. The van der Waals surface area contributed by atoms with E-state index in [0.717, 1.165) is 5.56 Å². The number of halogens is 1. The molecular formula is C16H18ClNO4S. The van der Waals surface area contributed by atoms with Crippen molar-refractivity contribution < 1.29 is 17.9 Å². The second kappa shape index (κ2) is 7.68. The summed E-state index contributed by atoms with van der Waals surface area (Å²) in [5.41, 5.74) is 0.824. The molecule has 2 rings (SSSR count). The van der Waals surface area contributed by atoms with E-state index in [0.29, 0.717) is 16.5 Å². The van der Waals surface area contributed by atoms with Crippen LogP contribution < -0.4 is 14.2 Å². The number of hydrogen-bond donors (Lipinski definition) is 1. The lowest BCUT2D eigenvalue weighted by Gasteiger charge is -2.11. The molecule has 0 aliphatic heterocycles. The van der Waals surface area contributed by atoms with Crippen molar-refractivity contribution >= 4 is 21.6 Å². The smallest absolute Gasteiger partial charge is 0.240 e. The van der Waals surface area contributed by atoms with E-state index in [-0.39, 0.29) is 18.0 Å². The van der Waals surface area contributed by atoms with Gasteiger partial charge in [-0.15, -0.1) is 0 Å². The minimum atomic E-state index is -3.62. The zero-order chi connectivity index (χ0) is 16.9. The fourth-order valence-electron chi connectivity index (χ4n) is 1.90. The zero-order valence-electron chi connectivity index (χ0n) is 12.9. The van der Waals surface area contributed by atoms with Crippen LogP contribution in [0.3, 0.4) is 0 Å². The molecule has 2 aromatic rings. The average molecular weight is 356 g/mol. The minimum absolute atomic E-state index is 0.130. The Morgan fingerprint density at radius 3 is 2.48 bits per heavy atom. The van der Waals surface area contributed by atoms with Crippen molar-refractivity contribution in [1.29, 1.82) is 0 Å². The fourth-order valence-corrected chi connectivity index (χ4v) is 3.18. The van der Waals surface area contributed by atoms with E-state index in [1.54, 1.807) is 25.3 Å². The summed E-state index contributed by atoms with van der Waals surface area (Å²) >= 11 is 5.96. The molecule has 0 unspecified atom stereocenters. The number of ether oxygens (including phenoxy) is 2. The quantitative estimate of drug-likeness (QED) is 0.775. The minimum Gasteiger partial charge on any atom is -0.493 e. The van der Waals surface area contributed by atoms with E-state index < -0.39 is 10.0 Å². The maximum atomic E-state index is 12.2. The Labute approximate surface area is 141 Å². The molecule has 0 spiro atoms. The van der Waals surface area contributed by atoms with Gasteiger partial charge in [0.1, 0.15) is 6.61 Å². The molecule has 0 aromatic heterocycles. The molecule has 0 fully saturated rings. The monoisotopic (exact) mass is 355 g/mol. The predicted octanol–water partition coefficient (Wildman–Crippen LogP) is 3.01. The number of hydrogen-bond acceptors (Lipinski definition) is 4. The van der Waals surface area contributed by atoms with Gasteiger partial charge in [0.05, 0.1) is 12.0 Å². The lowest BCUT2D eigenvalue weighted by atomic mass is 10.2. The third kappa shape index (κ3) is 4.60. The van der Waals surface area contributed by atoms with Gasteiger partial charge in [-0.3, -0.25) is 0 Å². The Morgan fingerprint density at radius 1 is 1.13 bits per heavy atom. The lowest BCUT2D eigenvalue weighted by molar-refractivity contribution is 0.299. The van der Waals surface area contributed by atoms with Crippen molar-refractivity contribution in [3.63, 3.8) is 0 Å². The molecule has 0 heterocycles. The van der Waals surface area contributed by atoms with Gasteiger partial charge in [-0.05, 0) is 36.8 Å². The van der Waals surface area contributed by atoms with Gasteiger partial charge in [0.2, 0.25) is 10.0 Å². The Kier molecular flexibility index (Phi) is 5.87. The number of para-hydroxylation sites is 2. The molecule has 124 valence electrons. The van der Waals surface area contributed by atoms with Crippen molar-refractivity contribution in [2.45, 2.75) is 11.8 Å². The van der Waals surface area contributed by atoms with Crippen LogP contribution in [0.5, 0.6) is 11.5 Å². The van der Waals surface area contributed by atoms with Crippen LogP contribution in [-0.2, 0) is 10.0 Å². The molecule has 0 saturated heterocycles. The lowest BCUT2D eigenvalue weighted by Crippen LogP contribution is -2.28. The molecule has 23 heavy (non-hydrogen) atoms. The van der Waals surface area contributed by atoms with E-state index in [1.165, 1.54) is 12.1 Å². The van der Waals surface area contributed by atoms with Crippen LogP contribution in [0.15, 0.2) is 47.4 Å². The highest BCUT2D eigenvalue weighted by molar-refractivity contribution is 7.89. The van der Waals surface area contributed by atoms with Gasteiger partial charge in [-0.2, -0.15) is 0 Å². The summed E-state index contributed by atoms with van der Waals surface area (Å²) in [7, 11) is -2.07. The number of methoxy groups -OCH3 is 1. The second-order valence-corrected chi connectivity index (χ2v) is 6.98. The standard InChI is InChI=1S/C16H18ClNO4S/c1-12-7-8-13(11-14(12)17)23(19,20)18-9-10-22-16-6-4-3-5-15(16)21-2/h3-8,11,18H,9-10H2,1-2H3. The summed E-state index contributed by atoms with van der Waals surface area (Å²) in [5, 5.41) is 0.415. The third-order valence-electron chi connectivity index (χ3n) is 3.17. The molecule has 0 saturated carbocycles. The van der Waals surface area contributed by atoms with Crippen molar-refractivity contribution in [2.24, 2.45) is 0 Å². The van der Waals surface area contributed by atoms with Crippen molar-refractivity contribution in [3.8, 4) is 11.5 Å². The first-order chi connectivity index (χ1) is 10.9. The average Bonchev–Trinajstić information content (AvgIpc) is 2.54. The van der Waals surface area contributed by atoms with Crippen LogP contribution in [0.1, 0.15) is 5.56 Å². The molecule has 0 aliphatic rings. The van der Waals surface area contributed by atoms with E-state index in [2.05, 4.69) is 4.72 Å². The highest BCUT2D eigenvalue weighted by Gasteiger charge is 2.14. The second-order valence-electron chi connectivity index (χ2n) is 4.81. The summed E-state index contributed by atoms with van der Waals surface area (Å²) in [4.78, 5) is 0.130. The van der Waals surface area contributed by atoms with Crippen LogP contribution in [0.2, 0.25) is 5.02 Å². The third-order valence-corrected chi connectivity index (χ3v) is 5.04. The van der Waals surface area contributed by atoms with E-state index >= 15 is 0 Å². The maximum Gasteiger partial charge on any atom is 0.240 e. The van der Waals surface area contributed by atoms with Crippen molar-refractivity contribution in [2.75, 3.05) is 20.3 Å². The molecule has 0 atom stereocenters. The topological polar surface area (TPSA) is 64.6 Å². The van der Waals surface area contributed by atoms with Gasteiger partial charge < -0.3 is 9.47 Å². The Balaban J connectivity index is 1.93. The molecule has 0 bridgehead atoms. The first kappa shape index (κ1) is 17.6. The number of aryl methyl sites for hydroxylation is 1. The molecular weight excluding hydrogens is 338 g/mol. The summed E-state index contributed by atoms with van der Waals surface area (Å²) < 4.78 is 37.5. The van der Waals surface area contributed by atoms with Gasteiger partial charge in [-0.1, -0.05) is 29.8 Å². The van der Waals surface area contributed by atoms with Gasteiger partial charge in [0.25, 0.3) is 0 Å². The van der Waals surface area contributed by atoms with E-state index in [9.17, 15) is 8.42 Å². The first-order valence-corrected chi connectivity index (χ1v) is 8.82. The Bertz CT molecular complexity index is 777. The number of benzene rings is 2. The summed E-state index contributed by atoms with van der Waals surface area (Å²) in [6, 6.07) is 11.8. The van der Waals surface area contributed by atoms with Gasteiger partial charge in [0.15, 0.2) is 11.5 Å². The predicted molar refractivity (Wildman–Crippen MR) is 89.9 cm³/mol. The van der Waals surface area contributed by atoms with Crippen LogP contribution in [0, 0.1) is 6.92 Å². The number of sulfonamides is 1. The molecule has 5 nitrogen and oxygen atoms in total. The zero-order valence-corrected chi connectivity index (χ0v) is 14.4. The summed E-state index contributed by atoms with van der Waals surface area (Å²) in [5.74, 6) is 1.16. The van der Waals surface area contributed by atoms with Crippen LogP contribution in [0.25, 0.3) is 0 Å². The maximum absolute atomic E-state index is 12.2. The van der Waals surface area contributed by atoms with Gasteiger partial charge in [0, 0.05) is 11.6 Å². The number of nitrogens with one attached hydrogen (secondary N) is 1. The molecule has 1 N–H and O–H groups in total. The van der Waals surface area contributed by atoms with Crippen LogP contribution in [-0.4, -0.2) is 28.7 Å². The normalized spacial score (nSPS) is 11.3. The molecule has 0 radical (unpaired) electrons. The first-order valence-electron chi connectivity index (χ1n) is 6.95. The highest BCUT2D eigenvalue weighted by Crippen LogP contribution is 2.25. The van der Waals surface area contributed by atoms with Crippen LogP contribution in [0.4, 0.5) is 0 Å². The summed E-state index contributed by atoms with van der Waals surface area (Å²) in [6.07, 6.45) is 0. The van der Waals surface area contributed by atoms with Crippen molar-refractivity contribution in [3.05, 3.63) is 53.1 Å². The summed E-state index contributed by atoms with van der Waals surface area (Å²) in [6.45, 7) is 2.12. The number of rotatable bonds is 7. The SMILES string of the molecule is COc1ccccc1OCCNS(=O)(=O)c1ccc(C)c(Cl)c1. The van der Waals surface area contributed by atoms with Crippen molar-refractivity contribution in [1.82, 2.24) is 4.72 Å². The molecule has 0 aliphatic carbocycles. The van der Waals surface area contributed by atoms with E-state index in [4.69, 9.17) is 21.1 Å². The highest BCUT2D eigenvalue weighted by atomic mass is 35.5. The molecule has 2 aromatic carbocycles. The molecule has 0 amide bonds. The largest absolute Gasteiger partial charge is 0.493 e. The van der Waals surface area contributed by atoms with E-state index in [1.807, 2.05) is 19.1 Å². The van der Waals surface area contributed by atoms with Gasteiger partial charge in [-0.25, -0.2) is 13.1 Å². The fraction of sp³-hybridized carbons (Fsp3) is 0.250. The molecule has 7 heteroatoms.